The quantitative estimate of drug-likeness (QED) is 0.803. The Labute approximate surface area is 88.2 Å². The molecule has 0 atom stereocenters. The predicted octanol–water partition coefficient (Wildman–Crippen LogP) is 1.80. The molecule has 0 aliphatic heterocycles. The molecule has 0 heterocycles. The maximum atomic E-state index is 10.9. The van der Waals surface area contributed by atoms with E-state index in [1.807, 2.05) is 6.07 Å². The number of rotatable bonds is 3. The summed E-state index contributed by atoms with van der Waals surface area (Å²) in [6.07, 6.45) is 0.729. The zero-order valence-corrected chi connectivity index (χ0v) is 8.77. The fraction of sp³-hybridized carbons (Fsp3) is 0.300. The van der Waals surface area contributed by atoms with Crippen LogP contribution in [0.4, 0.5) is 5.69 Å². The summed E-state index contributed by atoms with van der Waals surface area (Å²) in [5.74, 6) is -0.106. The third-order valence-electron chi connectivity index (χ3n) is 1.80. The molecule has 1 amide bonds. The van der Waals surface area contributed by atoms with Crippen molar-refractivity contribution in [2.24, 2.45) is 5.73 Å². The van der Waals surface area contributed by atoms with Crippen molar-refractivity contribution >= 4 is 23.2 Å². The molecule has 1 aromatic carbocycles. The van der Waals surface area contributed by atoms with Gasteiger partial charge in [0.15, 0.2) is 0 Å². The fourth-order valence-electron chi connectivity index (χ4n) is 1.23. The molecule has 0 aliphatic carbocycles. The van der Waals surface area contributed by atoms with E-state index < -0.39 is 0 Å². The smallest absolute Gasteiger partial charge is 0.221 e. The van der Waals surface area contributed by atoms with E-state index in [4.69, 9.17) is 17.3 Å². The van der Waals surface area contributed by atoms with Crippen LogP contribution in [0, 0.1) is 0 Å². The molecule has 0 unspecified atom stereocenters. The SMILES string of the molecule is CC(=O)Nc1cc(Cl)ccc1CCN. The Morgan fingerprint density at radius 3 is 2.86 bits per heavy atom. The van der Waals surface area contributed by atoms with Gasteiger partial charge in [-0.1, -0.05) is 17.7 Å². The molecule has 4 heteroatoms. The Morgan fingerprint density at radius 2 is 2.29 bits per heavy atom. The lowest BCUT2D eigenvalue weighted by Crippen LogP contribution is -2.10. The van der Waals surface area contributed by atoms with Gasteiger partial charge in [-0.05, 0) is 30.7 Å². The lowest BCUT2D eigenvalue weighted by Gasteiger charge is -2.09. The third-order valence-corrected chi connectivity index (χ3v) is 2.03. The first-order valence-electron chi connectivity index (χ1n) is 4.39. The zero-order chi connectivity index (χ0) is 10.6. The van der Waals surface area contributed by atoms with Crippen LogP contribution >= 0.6 is 11.6 Å². The lowest BCUT2D eigenvalue weighted by atomic mass is 10.1. The minimum absolute atomic E-state index is 0.106. The van der Waals surface area contributed by atoms with Crippen LogP contribution < -0.4 is 11.1 Å². The number of hydrogen-bond donors (Lipinski definition) is 2. The molecule has 0 fully saturated rings. The van der Waals surface area contributed by atoms with E-state index in [0.717, 1.165) is 17.7 Å². The number of halogens is 1. The molecular weight excluding hydrogens is 200 g/mol. The zero-order valence-electron chi connectivity index (χ0n) is 8.01. The minimum Gasteiger partial charge on any atom is -0.330 e. The summed E-state index contributed by atoms with van der Waals surface area (Å²) in [5.41, 5.74) is 7.20. The molecule has 14 heavy (non-hydrogen) atoms. The van der Waals surface area contributed by atoms with E-state index in [0.29, 0.717) is 11.6 Å². The number of benzene rings is 1. The summed E-state index contributed by atoms with van der Waals surface area (Å²) in [6.45, 7) is 2.02. The molecule has 3 nitrogen and oxygen atoms in total. The molecule has 0 spiro atoms. The van der Waals surface area contributed by atoms with Gasteiger partial charge >= 0.3 is 0 Å². The van der Waals surface area contributed by atoms with Gasteiger partial charge in [0.1, 0.15) is 0 Å². The third kappa shape index (κ3) is 3.01. The molecule has 0 aromatic heterocycles. The monoisotopic (exact) mass is 212 g/mol. The number of carbonyl (C=O) groups is 1. The maximum absolute atomic E-state index is 10.9. The van der Waals surface area contributed by atoms with E-state index in [1.165, 1.54) is 6.92 Å². The van der Waals surface area contributed by atoms with Crippen molar-refractivity contribution in [3.63, 3.8) is 0 Å². The second-order valence-corrected chi connectivity index (χ2v) is 3.46. The Kier molecular flexibility index (Phi) is 3.92. The first-order valence-corrected chi connectivity index (χ1v) is 4.77. The van der Waals surface area contributed by atoms with E-state index in [9.17, 15) is 4.79 Å². The molecular formula is C10H13ClN2O. The first-order chi connectivity index (χ1) is 6.63. The number of amides is 1. The van der Waals surface area contributed by atoms with E-state index in [-0.39, 0.29) is 5.91 Å². The van der Waals surface area contributed by atoms with Gasteiger partial charge in [0, 0.05) is 17.6 Å². The van der Waals surface area contributed by atoms with Crippen LogP contribution in [-0.2, 0) is 11.2 Å². The average molecular weight is 213 g/mol. The summed E-state index contributed by atoms with van der Waals surface area (Å²) in [4.78, 5) is 10.9. The number of carbonyl (C=O) groups excluding carboxylic acids is 1. The van der Waals surface area contributed by atoms with Gasteiger partial charge in [0.25, 0.3) is 0 Å². The van der Waals surface area contributed by atoms with E-state index in [2.05, 4.69) is 5.32 Å². The van der Waals surface area contributed by atoms with Crippen molar-refractivity contribution in [3.8, 4) is 0 Å². The van der Waals surface area contributed by atoms with Gasteiger partial charge in [-0.2, -0.15) is 0 Å². The molecule has 1 rings (SSSR count). The van der Waals surface area contributed by atoms with Crippen LogP contribution in [-0.4, -0.2) is 12.5 Å². The molecule has 3 N–H and O–H groups in total. The summed E-state index contributed by atoms with van der Waals surface area (Å²) < 4.78 is 0. The highest BCUT2D eigenvalue weighted by Crippen LogP contribution is 2.21. The largest absolute Gasteiger partial charge is 0.330 e. The van der Waals surface area contributed by atoms with Crippen LogP contribution in [0.5, 0.6) is 0 Å². The fourth-order valence-corrected chi connectivity index (χ4v) is 1.40. The highest BCUT2D eigenvalue weighted by Gasteiger charge is 2.03. The van der Waals surface area contributed by atoms with E-state index in [1.54, 1.807) is 12.1 Å². The molecule has 76 valence electrons. The van der Waals surface area contributed by atoms with Crippen molar-refractivity contribution in [1.82, 2.24) is 0 Å². The van der Waals surface area contributed by atoms with Gasteiger partial charge in [0.2, 0.25) is 5.91 Å². The summed E-state index contributed by atoms with van der Waals surface area (Å²) in [5, 5.41) is 3.33. The molecule has 0 saturated carbocycles. The summed E-state index contributed by atoms with van der Waals surface area (Å²) in [6, 6.07) is 5.40. The van der Waals surface area contributed by atoms with Gasteiger partial charge in [-0.3, -0.25) is 4.79 Å². The second-order valence-electron chi connectivity index (χ2n) is 3.02. The number of nitrogens with one attached hydrogen (secondary N) is 1. The number of anilines is 1. The van der Waals surface area contributed by atoms with Crippen molar-refractivity contribution in [1.29, 1.82) is 0 Å². The second kappa shape index (κ2) is 4.98. The van der Waals surface area contributed by atoms with E-state index >= 15 is 0 Å². The average Bonchev–Trinajstić information content (AvgIpc) is 2.09. The topological polar surface area (TPSA) is 55.1 Å². The lowest BCUT2D eigenvalue weighted by molar-refractivity contribution is -0.114. The Balaban J connectivity index is 2.96. The van der Waals surface area contributed by atoms with Gasteiger partial charge in [-0.25, -0.2) is 0 Å². The Bertz CT molecular complexity index is 339. The van der Waals surface area contributed by atoms with Crippen LogP contribution in [0.25, 0.3) is 0 Å². The summed E-state index contributed by atoms with van der Waals surface area (Å²) >= 11 is 5.82. The molecule has 1 aromatic rings. The first kappa shape index (κ1) is 11.0. The number of hydrogen-bond acceptors (Lipinski definition) is 2. The normalized spacial score (nSPS) is 9.93. The van der Waals surface area contributed by atoms with Gasteiger partial charge in [-0.15, -0.1) is 0 Å². The maximum Gasteiger partial charge on any atom is 0.221 e. The van der Waals surface area contributed by atoms with Crippen LogP contribution in [0.3, 0.4) is 0 Å². The van der Waals surface area contributed by atoms with Crippen molar-refractivity contribution in [2.75, 3.05) is 11.9 Å². The molecule has 0 radical (unpaired) electrons. The van der Waals surface area contributed by atoms with Crippen LogP contribution in [0.1, 0.15) is 12.5 Å². The van der Waals surface area contributed by atoms with Gasteiger partial charge in [0.05, 0.1) is 0 Å². The highest BCUT2D eigenvalue weighted by atomic mass is 35.5. The molecule has 0 aliphatic rings. The van der Waals surface area contributed by atoms with Crippen molar-refractivity contribution in [2.45, 2.75) is 13.3 Å². The predicted molar refractivity (Wildman–Crippen MR) is 58.5 cm³/mol. The number of nitrogens with two attached hydrogens (primary N) is 1. The minimum atomic E-state index is -0.106. The molecule has 0 saturated heterocycles. The Hall–Kier alpha value is -1.06. The standard InChI is InChI=1S/C10H13ClN2O/c1-7(14)13-10-6-9(11)3-2-8(10)4-5-12/h2-3,6H,4-5,12H2,1H3,(H,13,14). The van der Waals surface area contributed by atoms with Gasteiger partial charge < -0.3 is 11.1 Å². The summed E-state index contributed by atoms with van der Waals surface area (Å²) in [7, 11) is 0. The highest BCUT2D eigenvalue weighted by molar-refractivity contribution is 6.31. The Morgan fingerprint density at radius 1 is 1.57 bits per heavy atom. The van der Waals surface area contributed by atoms with Crippen molar-refractivity contribution < 1.29 is 4.79 Å². The van der Waals surface area contributed by atoms with Crippen LogP contribution in [0.2, 0.25) is 5.02 Å². The molecule has 0 bridgehead atoms. The van der Waals surface area contributed by atoms with Crippen LogP contribution in [0.15, 0.2) is 18.2 Å². The van der Waals surface area contributed by atoms with Crippen molar-refractivity contribution in [3.05, 3.63) is 28.8 Å².